The maximum Gasteiger partial charge on any atom is 0.211 e. The van der Waals surface area contributed by atoms with Crippen LogP contribution in [0.25, 0.3) is 11.1 Å². The molecule has 29 heavy (non-hydrogen) atoms. The number of nitriles is 1. The van der Waals surface area contributed by atoms with Crippen molar-refractivity contribution < 1.29 is 4.74 Å². The highest BCUT2D eigenvalue weighted by Crippen LogP contribution is 2.29. The lowest BCUT2D eigenvalue weighted by Crippen LogP contribution is -2.31. The van der Waals surface area contributed by atoms with Crippen molar-refractivity contribution in [2.75, 3.05) is 18.5 Å². The largest absolute Gasteiger partial charge is 0.493 e. The van der Waals surface area contributed by atoms with Crippen molar-refractivity contribution in [3.8, 4) is 23.1 Å². The first-order valence-corrected chi connectivity index (χ1v) is 9.52. The molecule has 146 valence electrons. The highest BCUT2D eigenvalue weighted by molar-refractivity contribution is 5.94. The van der Waals surface area contributed by atoms with Gasteiger partial charge in [-0.2, -0.15) is 5.26 Å². The van der Waals surface area contributed by atoms with Gasteiger partial charge >= 0.3 is 0 Å². The Labute approximate surface area is 170 Å². The van der Waals surface area contributed by atoms with Crippen molar-refractivity contribution in [3.05, 3.63) is 79.1 Å². The number of para-hydroxylation sites is 1. The number of hydrogen-bond acceptors (Lipinski definition) is 4. The molecule has 2 N–H and O–H groups in total. The van der Waals surface area contributed by atoms with E-state index in [2.05, 4.69) is 38.8 Å². The first-order valence-electron chi connectivity index (χ1n) is 9.52. The fourth-order valence-electron chi connectivity index (χ4n) is 2.80. The Hall–Kier alpha value is -3.85. The summed E-state index contributed by atoms with van der Waals surface area (Å²) in [6.07, 6.45) is 6.93. The van der Waals surface area contributed by atoms with Gasteiger partial charge < -0.3 is 15.4 Å². The molecule has 0 saturated heterocycles. The number of anilines is 1. The molecule has 0 bridgehead atoms. The molecule has 0 radical (unpaired) electrons. The van der Waals surface area contributed by atoms with E-state index in [9.17, 15) is 0 Å². The van der Waals surface area contributed by atoms with E-state index in [-0.39, 0.29) is 0 Å². The number of benzene rings is 2. The molecule has 0 atom stereocenters. The number of unbranched alkanes of at least 4 members (excludes halogenated alkanes) is 1. The lowest BCUT2D eigenvalue weighted by atomic mass is 10.1. The Bertz CT molecular complexity index is 952. The van der Waals surface area contributed by atoms with Gasteiger partial charge in [0.2, 0.25) is 12.2 Å². The fraction of sp³-hybridized carbons (Fsp3) is 0.174. The Morgan fingerprint density at radius 3 is 2.52 bits per heavy atom. The van der Waals surface area contributed by atoms with E-state index >= 15 is 0 Å². The summed E-state index contributed by atoms with van der Waals surface area (Å²) in [5.41, 5.74) is 3.06. The zero-order valence-corrected chi connectivity index (χ0v) is 16.1. The second-order valence-electron chi connectivity index (χ2n) is 6.27. The van der Waals surface area contributed by atoms with Crippen molar-refractivity contribution in [1.29, 1.82) is 5.26 Å². The number of aromatic nitrogens is 1. The summed E-state index contributed by atoms with van der Waals surface area (Å²) >= 11 is 0. The quantitative estimate of drug-likeness (QED) is 0.259. The van der Waals surface area contributed by atoms with Gasteiger partial charge in [-0.1, -0.05) is 48.5 Å². The molecule has 0 fully saturated rings. The van der Waals surface area contributed by atoms with Gasteiger partial charge in [-0.15, -0.1) is 4.99 Å². The Kier molecular flexibility index (Phi) is 7.62. The van der Waals surface area contributed by atoms with Gasteiger partial charge in [0.05, 0.1) is 6.61 Å². The Balaban J connectivity index is 1.43. The van der Waals surface area contributed by atoms with Crippen LogP contribution in [0.4, 0.5) is 5.69 Å². The molecular weight excluding hydrogens is 362 g/mol. The third kappa shape index (κ3) is 6.36. The van der Waals surface area contributed by atoms with Crippen LogP contribution in [0.3, 0.4) is 0 Å². The lowest BCUT2D eigenvalue weighted by Gasteiger charge is -2.13. The van der Waals surface area contributed by atoms with Crippen LogP contribution in [0, 0.1) is 11.5 Å². The number of guanidine groups is 1. The predicted octanol–water partition coefficient (Wildman–Crippen LogP) is 4.45. The van der Waals surface area contributed by atoms with Crippen LogP contribution < -0.4 is 15.4 Å². The first-order chi connectivity index (χ1) is 14.4. The summed E-state index contributed by atoms with van der Waals surface area (Å²) in [7, 11) is 0. The third-order valence-electron chi connectivity index (χ3n) is 4.20. The van der Waals surface area contributed by atoms with E-state index in [0.29, 0.717) is 19.1 Å². The SMILES string of the molecule is N#CN=C(NCCCCOc1ccccc1-c1ccccc1)Nc1ccncc1. The Morgan fingerprint density at radius 2 is 1.72 bits per heavy atom. The van der Waals surface area contributed by atoms with E-state index in [0.717, 1.165) is 35.4 Å². The minimum Gasteiger partial charge on any atom is -0.493 e. The molecule has 0 amide bonds. The molecule has 0 aliphatic rings. The van der Waals surface area contributed by atoms with Crippen molar-refractivity contribution >= 4 is 11.6 Å². The van der Waals surface area contributed by atoms with Gasteiger partial charge in [0.15, 0.2) is 0 Å². The van der Waals surface area contributed by atoms with Gasteiger partial charge in [0.25, 0.3) is 0 Å². The summed E-state index contributed by atoms with van der Waals surface area (Å²) in [4.78, 5) is 7.74. The fourth-order valence-corrected chi connectivity index (χ4v) is 2.80. The van der Waals surface area contributed by atoms with Crippen molar-refractivity contribution in [2.24, 2.45) is 4.99 Å². The number of nitrogens with zero attached hydrogens (tertiary/aromatic N) is 3. The van der Waals surface area contributed by atoms with Crippen molar-refractivity contribution in [2.45, 2.75) is 12.8 Å². The first kappa shape index (κ1) is 19.9. The van der Waals surface area contributed by atoms with Crippen LogP contribution in [0.5, 0.6) is 5.75 Å². The zero-order valence-electron chi connectivity index (χ0n) is 16.1. The summed E-state index contributed by atoms with van der Waals surface area (Å²) in [6.45, 7) is 1.30. The molecule has 3 rings (SSSR count). The molecule has 2 aromatic carbocycles. The maximum atomic E-state index is 8.85. The van der Waals surface area contributed by atoms with Crippen molar-refractivity contribution in [3.63, 3.8) is 0 Å². The Morgan fingerprint density at radius 1 is 0.966 bits per heavy atom. The van der Waals surface area contributed by atoms with Gasteiger partial charge in [-0.3, -0.25) is 4.98 Å². The molecular formula is C23H23N5O. The highest BCUT2D eigenvalue weighted by atomic mass is 16.5. The second-order valence-corrected chi connectivity index (χ2v) is 6.27. The van der Waals surface area contributed by atoms with Crippen LogP contribution in [0.1, 0.15) is 12.8 Å². The number of rotatable bonds is 8. The number of ether oxygens (including phenoxy) is 1. The zero-order chi connectivity index (χ0) is 20.2. The average Bonchev–Trinajstić information content (AvgIpc) is 2.78. The molecule has 0 aliphatic heterocycles. The minimum atomic E-state index is 0.425. The molecule has 0 aliphatic carbocycles. The number of nitrogens with one attached hydrogen (secondary N) is 2. The van der Waals surface area contributed by atoms with Gasteiger partial charge in [-0.25, -0.2) is 0 Å². The third-order valence-corrected chi connectivity index (χ3v) is 4.20. The predicted molar refractivity (Wildman–Crippen MR) is 116 cm³/mol. The number of pyridine rings is 1. The summed E-state index contributed by atoms with van der Waals surface area (Å²) < 4.78 is 6.01. The van der Waals surface area contributed by atoms with Crippen molar-refractivity contribution in [1.82, 2.24) is 10.3 Å². The smallest absolute Gasteiger partial charge is 0.211 e. The van der Waals surface area contributed by atoms with Gasteiger partial charge in [0, 0.05) is 30.2 Å². The van der Waals surface area contributed by atoms with Gasteiger partial charge in [-0.05, 0) is 36.6 Å². The monoisotopic (exact) mass is 385 g/mol. The molecule has 6 nitrogen and oxygen atoms in total. The highest BCUT2D eigenvalue weighted by Gasteiger charge is 2.05. The average molecular weight is 385 g/mol. The van der Waals surface area contributed by atoms with E-state index in [1.807, 2.05) is 48.5 Å². The molecule has 1 aromatic heterocycles. The van der Waals surface area contributed by atoms with Crippen LogP contribution in [-0.4, -0.2) is 24.1 Å². The van der Waals surface area contributed by atoms with E-state index < -0.39 is 0 Å². The summed E-state index contributed by atoms with van der Waals surface area (Å²) in [6, 6.07) is 21.9. The molecule has 3 aromatic rings. The summed E-state index contributed by atoms with van der Waals surface area (Å²) in [5.74, 6) is 1.31. The molecule has 0 spiro atoms. The number of hydrogen-bond donors (Lipinski definition) is 2. The number of aliphatic imine (C=N–C) groups is 1. The van der Waals surface area contributed by atoms with E-state index in [1.165, 1.54) is 0 Å². The minimum absolute atomic E-state index is 0.425. The lowest BCUT2D eigenvalue weighted by molar-refractivity contribution is 0.308. The van der Waals surface area contributed by atoms with Crippen LogP contribution in [-0.2, 0) is 0 Å². The van der Waals surface area contributed by atoms with Crippen LogP contribution in [0.15, 0.2) is 84.1 Å². The molecule has 0 unspecified atom stereocenters. The standard InChI is InChI=1S/C23H23N5O/c24-18-27-23(28-20-12-15-25-16-13-20)26-14-6-7-17-29-22-11-5-4-10-21(22)19-8-2-1-3-9-19/h1-5,8-13,15-16H,6-7,14,17H2,(H2,25,26,27,28). The van der Waals surface area contributed by atoms with Crippen LogP contribution >= 0.6 is 0 Å². The molecule has 1 heterocycles. The summed E-state index contributed by atoms with van der Waals surface area (Å²) in [5, 5.41) is 15.1. The second kappa shape index (κ2) is 11.1. The normalized spacial score (nSPS) is 10.8. The van der Waals surface area contributed by atoms with E-state index in [4.69, 9.17) is 10.00 Å². The molecule has 0 saturated carbocycles. The van der Waals surface area contributed by atoms with Crippen LogP contribution in [0.2, 0.25) is 0 Å². The van der Waals surface area contributed by atoms with Gasteiger partial charge in [0.1, 0.15) is 5.75 Å². The maximum absolute atomic E-state index is 8.85. The van der Waals surface area contributed by atoms with E-state index in [1.54, 1.807) is 18.6 Å². The molecule has 6 heteroatoms. The topological polar surface area (TPSA) is 82.3 Å².